The lowest BCUT2D eigenvalue weighted by Crippen LogP contribution is -2.25. The Labute approximate surface area is 131 Å². The number of nitrogens with one attached hydrogen (secondary N) is 2. The highest BCUT2D eigenvalue weighted by molar-refractivity contribution is 5.93. The number of carbonyl (C=O) groups is 1. The van der Waals surface area contributed by atoms with Crippen molar-refractivity contribution in [3.63, 3.8) is 0 Å². The molecule has 23 heavy (non-hydrogen) atoms. The Morgan fingerprint density at radius 2 is 2.04 bits per heavy atom. The summed E-state index contributed by atoms with van der Waals surface area (Å²) in [6.07, 6.45) is 0. The van der Waals surface area contributed by atoms with E-state index in [2.05, 4.69) is 36.1 Å². The summed E-state index contributed by atoms with van der Waals surface area (Å²) in [6.45, 7) is 4.09. The third kappa shape index (κ3) is 2.70. The van der Waals surface area contributed by atoms with Crippen LogP contribution in [0.3, 0.4) is 0 Å². The lowest BCUT2D eigenvalue weighted by Gasteiger charge is -2.01. The molecule has 0 spiro atoms. The van der Waals surface area contributed by atoms with Crippen LogP contribution >= 0.6 is 0 Å². The number of rotatable bonds is 4. The maximum absolute atomic E-state index is 12.3. The monoisotopic (exact) mass is 315 g/mol. The van der Waals surface area contributed by atoms with Gasteiger partial charge in [0, 0.05) is 25.4 Å². The molecule has 0 bridgehead atoms. The number of hydrogen-bond acceptors (Lipinski definition) is 6. The van der Waals surface area contributed by atoms with Crippen molar-refractivity contribution in [2.75, 3.05) is 0 Å². The van der Waals surface area contributed by atoms with Crippen LogP contribution in [0.1, 0.15) is 27.7 Å². The second-order valence-corrected chi connectivity index (χ2v) is 5.22. The third-order valence-corrected chi connectivity index (χ3v) is 3.67. The van der Waals surface area contributed by atoms with Gasteiger partial charge in [0.2, 0.25) is 0 Å². The number of aromatic nitrogens is 8. The summed E-state index contributed by atoms with van der Waals surface area (Å²) in [5, 5.41) is 24.9. The minimum absolute atomic E-state index is 0.195. The summed E-state index contributed by atoms with van der Waals surface area (Å²) in [4.78, 5) is 12.3. The molecule has 10 nitrogen and oxygen atoms in total. The molecule has 0 unspecified atom stereocenters. The Kier molecular flexibility index (Phi) is 3.64. The van der Waals surface area contributed by atoms with Gasteiger partial charge < -0.3 is 5.32 Å². The molecule has 2 N–H and O–H groups in total. The van der Waals surface area contributed by atoms with Crippen molar-refractivity contribution in [3.05, 3.63) is 29.0 Å². The van der Waals surface area contributed by atoms with Gasteiger partial charge in [-0.25, -0.2) is 0 Å². The van der Waals surface area contributed by atoms with Crippen LogP contribution in [0.2, 0.25) is 0 Å². The van der Waals surface area contributed by atoms with Crippen molar-refractivity contribution < 1.29 is 4.79 Å². The zero-order valence-corrected chi connectivity index (χ0v) is 13.3. The Hall–Kier alpha value is -3.04. The number of aryl methyl sites for hydroxylation is 3. The molecule has 0 saturated heterocycles. The summed E-state index contributed by atoms with van der Waals surface area (Å²) in [5.74, 6) is 0.162. The Bertz CT molecular complexity index is 843. The Balaban J connectivity index is 1.84. The van der Waals surface area contributed by atoms with Crippen LogP contribution in [0.5, 0.6) is 0 Å². The molecule has 3 heterocycles. The highest BCUT2D eigenvalue weighted by Gasteiger charge is 2.19. The highest BCUT2D eigenvalue weighted by Crippen LogP contribution is 2.25. The van der Waals surface area contributed by atoms with Crippen LogP contribution in [0.25, 0.3) is 11.3 Å². The van der Waals surface area contributed by atoms with Gasteiger partial charge in [-0.3, -0.25) is 14.2 Å². The van der Waals surface area contributed by atoms with E-state index in [0.29, 0.717) is 11.5 Å². The van der Waals surface area contributed by atoms with Crippen LogP contribution in [0.15, 0.2) is 6.07 Å². The number of hydrogen-bond donors (Lipinski definition) is 2. The molecular formula is C13H17N9O. The smallest absolute Gasteiger partial charge is 0.269 e. The second kappa shape index (κ2) is 5.63. The second-order valence-electron chi connectivity index (χ2n) is 5.22. The minimum atomic E-state index is -0.254. The molecule has 3 rings (SSSR count). The summed E-state index contributed by atoms with van der Waals surface area (Å²) < 4.78 is 3.35. The van der Waals surface area contributed by atoms with E-state index in [1.807, 2.05) is 20.9 Å². The molecule has 0 radical (unpaired) electrons. The molecule has 0 aliphatic heterocycles. The fourth-order valence-electron chi connectivity index (χ4n) is 2.45. The van der Waals surface area contributed by atoms with Crippen LogP contribution in [-0.2, 0) is 20.6 Å². The zero-order chi connectivity index (χ0) is 16.6. The molecule has 3 aromatic rings. The standard InChI is InChI=1S/C13H17N9O/c1-7-12(8(2)21(3)17-7)9-5-10(22(4)18-9)13(23)14-6-11-15-19-20-16-11/h5H,6H2,1-4H3,(H,14,23)(H,15,16,19,20). The maximum Gasteiger partial charge on any atom is 0.269 e. The van der Waals surface area contributed by atoms with E-state index < -0.39 is 0 Å². The molecule has 120 valence electrons. The van der Waals surface area contributed by atoms with Crippen LogP contribution in [0.4, 0.5) is 0 Å². The molecule has 0 atom stereocenters. The lowest BCUT2D eigenvalue weighted by molar-refractivity contribution is 0.0940. The van der Waals surface area contributed by atoms with Gasteiger partial charge in [-0.1, -0.05) is 5.21 Å². The number of tetrazole rings is 1. The maximum atomic E-state index is 12.3. The van der Waals surface area contributed by atoms with E-state index in [-0.39, 0.29) is 12.5 Å². The van der Waals surface area contributed by atoms with Gasteiger partial charge in [-0.05, 0) is 19.9 Å². The van der Waals surface area contributed by atoms with Crippen molar-refractivity contribution in [3.8, 4) is 11.3 Å². The van der Waals surface area contributed by atoms with Crippen LogP contribution in [-0.4, -0.2) is 46.1 Å². The summed E-state index contributed by atoms with van der Waals surface area (Å²) in [6, 6.07) is 1.75. The molecule has 10 heteroatoms. The number of carbonyl (C=O) groups excluding carboxylic acids is 1. The van der Waals surface area contributed by atoms with Crippen LogP contribution in [0, 0.1) is 13.8 Å². The van der Waals surface area contributed by atoms with Gasteiger partial charge in [0.25, 0.3) is 5.91 Å². The molecule has 0 saturated carbocycles. The minimum Gasteiger partial charge on any atom is -0.343 e. The zero-order valence-electron chi connectivity index (χ0n) is 13.3. The van der Waals surface area contributed by atoms with E-state index in [4.69, 9.17) is 0 Å². The SMILES string of the molecule is Cc1nn(C)c(C)c1-c1cc(C(=O)NCc2nn[nH]n2)n(C)n1. The highest BCUT2D eigenvalue weighted by atomic mass is 16.2. The Morgan fingerprint density at radius 1 is 1.26 bits per heavy atom. The van der Waals surface area contributed by atoms with Gasteiger partial charge in [-0.15, -0.1) is 10.2 Å². The molecular weight excluding hydrogens is 298 g/mol. The normalized spacial score (nSPS) is 11.0. The van der Waals surface area contributed by atoms with E-state index >= 15 is 0 Å². The topological polar surface area (TPSA) is 119 Å². The van der Waals surface area contributed by atoms with Crippen molar-refractivity contribution in [1.82, 2.24) is 45.5 Å². The number of H-pyrrole nitrogens is 1. The van der Waals surface area contributed by atoms with E-state index in [0.717, 1.165) is 22.6 Å². The van der Waals surface area contributed by atoms with Crippen molar-refractivity contribution >= 4 is 5.91 Å². The first-order chi connectivity index (χ1) is 11.0. The fraction of sp³-hybridized carbons (Fsp3) is 0.385. The average Bonchev–Trinajstić information content (AvgIpc) is 3.19. The van der Waals surface area contributed by atoms with Crippen molar-refractivity contribution in [2.45, 2.75) is 20.4 Å². The molecule has 0 fully saturated rings. The van der Waals surface area contributed by atoms with Crippen molar-refractivity contribution in [1.29, 1.82) is 0 Å². The van der Waals surface area contributed by atoms with Gasteiger partial charge in [-0.2, -0.15) is 15.4 Å². The van der Waals surface area contributed by atoms with Crippen molar-refractivity contribution in [2.24, 2.45) is 14.1 Å². The van der Waals surface area contributed by atoms with E-state index in [9.17, 15) is 4.79 Å². The predicted octanol–water partition coefficient (Wildman–Crippen LogP) is -0.119. The first kappa shape index (κ1) is 14.9. The molecule has 0 aliphatic carbocycles. The summed E-state index contributed by atoms with van der Waals surface area (Å²) in [7, 11) is 3.61. The van der Waals surface area contributed by atoms with Gasteiger partial charge in [0.1, 0.15) is 5.69 Å². The van der Waals surface area contributed by atoms with Gasteiger partial charge >= 0.3 is 0 Å². The molecule has 1 amide bonds. The van der Waals surface area contributed by atoms with Crippen LogP contribution < -0.4 is 5.32 Å². The van der Waals surface area contributed by atoms with Gasteiger partial charge in [0.15, 0.2) is 5.82 Å². The number of nitrogens with zero attached hydrogens (tertiary/aromatic N) is 7. The molecule has 0 aliphatic rings. The fourth-order valence-corrected chi connectivity index (χ4v) is 2.45. The van der Waals surface area contributed by atoms with Gasteiger partial charge in [0.05, 0.1) is 17.9 Å². The predicted molar refractivity (Wildman–Crippen MR) is 80.2 cm³/mol. The van der Waals surface area contributed by atoms with E-state index in [1.54, 1.807) is 22.5 Å². The summed E-state index contributed by atoms with van der Waals surface area (Å²) in [5.41, 5.74) is 3.99. The third-order valence-electron chi connectivity index (χ3n) is 3.67. The largest absolute Gasteiger partial charge is 0.343 e. The lowest BCUT2D eigenvalue weighted by atomic mass is 10.1. The average molecular weight is 315 g/mol. The summed E-state index contributed by atoms with van der Waals surface area (Å²) >= 11 is 0. The molecule has 3 aromatic heterocycles. The Morgan fingerprint density at radius 3 is 2.65 bits per heavy atom. The molecule has 0 aromatic carbocycles. The first-order valence-corrected chi connectivity index (χ1v) is 7.02. The number of amides is 1. The number of aromatic amines is 1. The quantitative estimate of drug-likeness (QED) is 0.693. The van der Waals surface area contributed by atoms with E-state index in [1.165, 1.54) is 0 Å². The first-order valence-electron chi connectivity index (χ1n) is 7.02.